The van der Waals surface area contributed by atoms with Crippen LogP contribution >= 0.6 is 11.6 Å². The molecule has 17 heavy (non-hydrogen) atoms. The molecule has 0 unspecified atom stereocenters. The molecule has 4 heteroatoms. The van der Waals surface area contributed by atoms with Gasteiger partial charge < -0.3 is 9.84 Å². The molecule has 0 fully saturated rings. The Morgan fingerprint density at radius 3 is 2.71 bits per heavy atom. The minimum absolute atomic E-state index is 0.0626. The molecule has 0 amide bonds. The molecule has 2 rings (SSSR count). The van der Waals surface area contributed by atoms with Gasteiger partial charge in [0, 0.05) is 11.6 Å². The van der Waals surface area contributed by atoms with Crippen molar-refractivity contribution in [1.82, 2.24) is 0 Å². The van der Waals surface area contributed by atoms with Crippen molar-refractivity contribution in [2.24, 2.45) is 0 Å². The number of rotatable bonds is 3. The molecule has 0 spiro atoms. The summed E-state index contributed by atoms with van der Waals surface area (Å²) in [7, 11) is 0. The molecule has 1 N–H and O–H groups in total. The maximum absolute atomic E-state index is 13.1. The summed E-state index contributed by atoms with van der Waals surface area (Å²) in [5.74, 6) is 0.154. The van der Waals surface area contributed by atoms with E-state index in [4.69, 9.17) is 16.3 Å². The van der Waals surface area contributed by atoms with E-state index in [1.54, 1.807) is 30.3 Å². The van der Waals surface area contributed by atoms with Crippen LogP contribution in [0.4, 0.5) is 4.39 Å². The first-order valence-corrected chi connectivity index (χ1v) is 5.39. The number of phenolic OH excluding ortho intramolecular Hbond substituents is 1. The Bertz CT molecular complexity index is 529. The van der Waals surface area contributed by atoms with Gasteiger partial charge in [0.25, 0.3) is 0 Å². The van der Waals surface area contributed by atoms with Crippen LogP contribution in [0.2, 0.25) is 5.02 Å². The van der Waals surface area contributed by atoms with Crippen molar-refractivity contribution in [2.75, 3.05) is 0 Å². The Morgan fingerprint density at radius 1 is 1.18 bits per heavy atom. The van der Waals surface area contributed by atoms with Crippen LogP contribution in [0.15, 0.2) is 42.5 Å². The van der Waals surface area contributed by atoms with E-state index in [1.165, 1.54) is 12.1 Å². The van der Waals surface area contributed by atoms with Crippen molar-refractivity contribution >= 4 is 11.6 Å². The molecule has 2 aromatic rings. The first-order valence-electron chi connectivity index (χ1n) is 5.01. The van der Waals surface area contributed by atoms with Gasteiger partial charge >= 0.3 is 0 Å². The summed E-state index contributed by atoms with van der Waals surface area (Å²) in [6.07, 6.45) is 0. The summed E-state index contributed by atoms with van der Waals surface area (Å²) in [4.78, 5) is 0. The lowest BCUT2D eigenvalue weighted by atomic mass is 10.2. The second-order valence-electron chi connectivity index (χ2n) is 3.50. The molecular weight excluding hydrogens is 243 g/mol. The summed E-state index contributed by atoms with van der Waals surface area (Å²) in [6.45, 7) is 0.153. The molecule has 2 aromatic carbocycles. The molecule has 0 radical (unpaired) electrons. The van der Waals surface area contributed by atoms with E-state index in [1.807, 2.05) is 0 Å². The topological polar surface area (TPSA) is 29.5 Å². The third-order valence-corrected chi connectivity index (χ3v) is 2.67. The average Bonchev–Trinajstić information content (AvgIpc) is 2.31. The normalized spacial score (nSPS) is 10.2. The first kappa shape index (κ1) is 11.7. The summed E-state index contributed by atoms with van der Waals surface area (Å²) in [5.41, 5.74) is 0.565. The van der Waals surface area contributed by atoms with E-state index in [0.717, 1.165) is 0 Å². The van der Waals surface area contributed by atoms with E-state index in [2.05, 4.69) is 0 Å². The monoisotopic (exact) mass is 252 g/mol. The molecule has 0 atom stereocenters. The van der Waals surface area contributed by atoms with Crippen LogP contribution < -0.4 is 4.74 Å². The minimum atomic E-state index is -0.469. The number of phenols is 1. The highest BCUT2D eigenvalue weighted by Crippen LogP contribution is 2.23. The molecule has 2 nitrogen and oxygen atoms in total. The predicted molar refractivity (Wildman–Crippen MR) is 63.8 cm³/mol. The molecule has 0 saturated carbocycles. The SMILES string of the molecule is Oc1cccc(OCc2cccc(F)c2Cl)c1. The van der Waals surface area contributed by atoms with Crippen molar-refractivity contribution < 1.29 is 14.2 Å². The van der Waals surface area contributed by atoms with E-state index in [0.29, 0.717) is 11.3 Å². The van der Waals surface area contributed by atoms with E-state index >= 15 is 0 Å². The summed E-state index contributed by atoms with van der Waals surface area (Å²) in [6, 6.07) is 10.9. The Balaban J connectivity index is 2.10. The summed E-state index contributed by atoms with van der Waals surface area (Å²) >= 11 is 5.79. The number of hydrogen-bond donors (Lipinski definition) is 1. The van der Waals surface area contributed by atoms with Crippen molar-refractivity contribution in [2.45, 2.75) is 6.61 Å². The van der Waals surface area contributed by atoms with Crippen LogP contribution in [-0.2, 0) is 6.61 Å². The van der Waals surface area contributed by atoms with E-state index in [9.17, 15) is 9.50 Å². The Labute approximate surface area is 103 Å². The zero-order valence-electron chi connectivity index (χ0n) is 8.86. The van der Waals surface area contributed by atoms with Gasteiger partial charge in [-0.3, -0.25) is 0 Å². The lowest BCUT2D eigenvalue weighted by molar-refractivity contribution is 0.304. The van der Waals surface area contributed by atoms with Crippen LogP contribution in [-0.4, -0.2) is 5.11 Å². The maximum Gasteiger partial charge on any atom is 0.142 e. The number of hydrogen-bond acceptors (Lipinski definition) is 2. The molecule has 0 aromatic heterocycles. The van der Waals surface area contributed by atoms with Gasteiger partial charge in [0.2, 0.25) is 0 Å². The highest BCUT2D eigenvalue weighted by Gasteiger charge is 2.06. The van der Waals surface area contributed by atoms with Crippen molar-refractivity contribution in [3.8, 4) is 11.5 Å². The zero-order valence-corrected chi connectivity index (χ0v) is 9.62. The van der Waals surface area contributed by atoms with Crippen LogP contribution in [0.25, 0.3) is 0 Å². The fourth-order valence-electron chi connectivity index (χ4n) is 1.39. The third-order valence-electron chi connectivity index (χ3n) is 2.24. The van der Waals surface area contributed by atoms with E-state index < -0.39 is 5.82 Å². The van der Waals surface area contributed by atoms with Gasteiger partial charge in [0.05, 0.1) is 5.02 Å². The lowest BCUT2D eigenvalue weighted by Crippen LogP contribution is -1.97. The molecule has 88 valence electrons. The Morgan fingerprint density at radius 2 is 1.94 bits per heavy atom. The molecule has 0 aliphatic rings. The van der Waals surface area contributed by atoms with Gasteiger partial charge in [-0.2, -0.15) is 0 Å². The van der Waals surface area contributed by atoms with Crippen LogP contribution in [0.5, 0.6) is 11.5 Å². The highest BCUT2D eigenvalue weighted by atomic mass is 35.5. The number of halogens is 2. The summed E-state index contributed by atoms with van der Waals surface area (Å²) < 4.78 is 18.5. The van der Waals surface area contributed by atoms with Gasteiger partial charge in [0.15, 0.2) is 0 Å². The van der Waals surface area contributed by atoms with Crippen LogP contribution in [0.3, 0.4) is 0 Å². The maximum atomic E-state index is 13.1. The minimum Gasteiger partial charge on any atom is -0.508 e. The van der Waals surface area contributed by atoms with Gasteiger partial charge in [0.1, 0.15) is 23.9 Å². The molecule has 0 bridgehead atoms. The van der Waals surface area contributed by atoms with Gasteiger partial charge in [-0.25, -0.2) is 4.39 Å². The van der Waals surface area contributed by atoms with Crippen molar-refractivity contribution in [3.05, 3.63) is 58.9 Å². The third kappa shape index (κ3) is 2.88. The second kappa shape index (κ2) is 5.06. The van der Waals surface area contributed by atoms with Crippen molar-refractivity contribution in [1.29, 1.82) is 0 Å². The van der Waals surface area contributed by atoms with Crippen molar-refractivity contribution in [3.63, 3.8) is 0 Å². The quantitative estimate of drug-likeness (QED) is 0.901. The molecule has 0 heterocycles. The second-order valence-corrected chi connectivity index (χ2v) is 3.88. The fraction of sp³-hybridized carbons (Fsp3) is 0.0769. The summed E-state index contributed by atoms with van der Waals surface area (Å²) in [5, 5.41) is 9.31. The van der Waals surface area contributed by atoms with Crippen LogP contribution in [0, 0.1) is 5.82 Å². The lowest BCUT2D eigenvalue weighted by Gasteiger charge is -2.08. The number of ether oxygens (including phenoxy) is 1. The average molecular weight is 253 g/mol. The Kier molecular flexibility index (Phi) is 3.49. The van der Waals surface area contributed by atoms with Gasteiger partial charge in [-0.05, 0) is 18.2 Å². The van der Waals surface area contributed by atoms with Gasteiger partial charge in [-0.1, -0.05) is 29.8 Å². The molecule has 0 aliphatic heterocycles. The molecular formula is C13H10ClFO2. The van der Waals surface area contributed by atoms with Crippen LogP contribution in [0.1, 0.15) is 5.56 Å². The highest BCUT2D eigenvalue weighted by molar-refractivity contribution is 6.31. The number of benzene rings is 2. The van der Waals surface area contributed by atoms with E-state index in [-0.39, 0.29) is 17.4 Å². The first-order chi connectivity index (χ1) is 8.16. The zero-order chi connectivity index (χ0) is 12.3. The smallest absolute Gasteiger partial charge is 0.142 e. The van der Waals surface area contributed by atoms with Gasteiger partial charge in [-0.15, -0.1) is 0 Å². The molecule has 0 saturated heterocycles. The largest absolute Gasteiger partial charge is 0.508 e. The predicted octanol–water partition coefficient (Wildman–Crippen LogP) is 3.76. The fourth-order valence-corrected chi connectivity index (χ4v) is 1.57. The standard InChI is InChI=1S/C13H10ClFO2/c14-13-9(3-1-6-12(13)15)8-17-11-5-2-4-10(16)7-11/h1-7,16H,8H2. The number of aromatic hydroxyl groups is 1. The molecule has 0 aliphatic carbocycles. The Hall–Kier alpha value is -1.74.